The summed E-state index contributed by atoms with van der Waals surface area (Å²) in [4.78, 5) is 14.7. The van der Waals surface area contributed by atoms with Gasteiger partial charge in [0.1, 0.15) is 5.75 Å². The summed E-state index contributed by atoms with van der Waals surface area (Å²) in [5.41, 5.74) is 2.42. The number of halogens is 1. The number of hydrogen-bond donors (Lipinski definition) is 1. The van der Waals surface area contributed by atoms with Crippen molar-refractivity contribution in [1.82, 2.24) is 10.2 Å². The van der Waals surface area contributed by atoms with Gasteiger partial charge in [-0.25, -0.2) is 0 Å². The van der Waals surface area contributed by atoms with Crippen LogP contribution in [0.15, 0.2) is 65.1 Å². The highest BCUT2D eigenvalue weighted by molar-refractivity contribution is 9.10. The number of likely N-dealkylation sites (tertiary alicyclic amines) is 1. The number of amides is 1. The van der Waals surface area contributed by atoms with E-state index in [1.54, 1.807) is 0 Å². The Kier molecular flexibility index (Phi) is 6.47. The lowest BCUT2D eigenvalue weighted by Crippen LogP contribution is -2.28. The van der Waals surface area contributed by atoms with E-state index in [0.717, 1.165) is 27.4 Å². The van der Waals surface area contributed by atoms with Gasteiger partial charge >= 0.3 is 0 Å². The number of carbonyl (C=O) groups is 1. The van der Waals surface area contributed by atoms with Crippen molar-refractivity contribution in [2.24, 2.45) is 0 Å². The predicted molar refractivity (Wildman–Crippen MR) is 120 cm³/mol. The van der Waals surface area contributed by atoms with Crippen molar-refractivity contribution in [3.05, 3.63) is 76.3 Å². The van der Waals surface area contributed by atoms with Crippen LogP contribution in [0.2, 0.25) is 0 Å². The molecule has 0 bridgehead atoms. The zero-order chi connectivity index (χ0) is 20.1. The molecule has 0 aromatic heterocycles. The monoisotopic (exact) mass is 452 g/mol. The predicted octanol–water partition coefficient (Wildman–Crippen LogP) is 4.89. The highest BCUT2D eigenvalue weighted by Crippen LogP contribution is 2.32. The molecular formula is C24H25BrN2O2. The molecule has 1 aliphatic rings. The summed E-state index contributed by atoms with van der Waals surface area (Å²) in [5, 5.41) is 5.13. The number of carbonyl (C=O) groups excluding carboxylic acids is 1. The van der Waals surface area contributed by atoms with Crippen molar-refractivity contribution in [3.8, 4) is 5.75 Å². The van der Waals surface area contributed by atoms with E-state index in [4.69, 9.17) is 4.74 Å². The number of hydrogen-bond acceptors (Lipinski definition) is 3. The lowest BCUT2D eigenvalue weighted by atomic mass is 10.1. The van der Waals surface area contributed by atoms with E-state index in [-0.39, 0.29) is 12.5 Å². The summed E-state index contributed by atoms with van der Waals surface area (Å²) in [7, 11) is 0. The van der Waals surface area contributed by atoms with Crippen molar-refractivity contribution in [1.29, 1.82) is 0 Å². The van der Waals surface area contributed by atoms with Crippen LogP contribution in [0.25, 0.3) is 10.8 Å². The SMILES string of the molecule is O=C(COc1ccc2ccccc2c1Br)NCc1ccc(CN2CCCC2)cc1. The molecule has 0 spiro atoms. The molecule has 4 rings (SSSR count). The largest absolute Gasteiger partial charge is 0.483 e. The summed E-state index contributed by atoms with van der Waals surface area (Å²) >= 11 is 3.59. The summed E-state index contributed by atoms with van der Waals surface area (Å²) < 4.78 is 6.60. The molecule has 1 N–H and O–H groups in total. The fourth-order valence-electron chi connectivity index (χ4n) is 3.68. The first-order chi connectivity index (χ1) is 14.2. The van der Waals surface area contributed by atoms with Crippen LogP contribution in [0.5, 0.6) is 5.75 Å². The highest BCUT2D eigenvalue weighted by atomic mass is 79.9. The molecule has 0 unspecified atom stereocenters. The molecule has 5 heteroatoms. The second kappa shape index (κ2) is 9.42. The standard InChI is InChI=1S/C24H25BrN2O2/c25-24-21-6-2-1-5-20(21)11-12-22(24)29-17-23(28)26-15-18-7-9-19(10-8-18)16-27-13-3-4-14-27/h1-2,5-12H,3-4,13-17H2,(H,26,28). The van der Waals surface area contributed by atoms with Crippen LogP contribution in [-0.2, 0) is 17.9 Å². The van der Waals surface area contributed by atoms with Crippen LogP contribution in [0.3, 0.4) is 0 Å². The Bertz CT molecular complexity index is 982. The van der Waals surface area contributed by atoms with Crippen molar-refractivity contribution in [2.75, 3.05) is 19.7 Å². The van der Waals surface area contributed by atoms with Gasteiger partial charge in [-0.3, -0.25) is 9.69 Å². The van der Waals surface area contributed by atoms with E-state index in [2.05, 4.69) is 50.4 Å². The van der Waals surface area contributed by atoms with Crippen LogP contribution >= 0.6 is 15.9 Å². The molecule has 0 aliphatic carbocycles. The van der Waals surface area contributed by atoms with Crippen LogP contribution < -0.4 is 10.1 Å². The topological polar surface area (TPSA) is 41.6 Å². The Hall–Kier alpha value is -2.37. The lowest BCUT2D eigenvalue weighted by Gasteiger charge is -2.15. The zero-order valence-electron chi connectivity index (χ0n) is 16.4. The van der Waals surface area contributed by atoms with E-state index < -0.39 is 0 Å². The molecule has 1 fully saturated rings. The fourth-order valence-corrected chi connectivity index (χ4v) is 4.29. The average Bonchev–Trinajstić information content (AvgIpc) is 3.26. The van der Waals surface area contributed by atoms with Crippen LogP contribution in [0.1, 0.15) is 24.0 Å². The van der Waals surface area contributed by atoms with Gasteiger partial charge in [0.15, 0.2) is 6.61 Å². The van der Waals surface area contributed by atoms with Gasteiger partial charge in [0.2, 0.25) is 0 Å². The fraction of sp³-hybridized carbons (Fsp3) is 0.292. The maximum Gasteiger partial charge on any atom is 0.258 e. The summed E-state index contributed by atoms with van der Waals surface area (Å²) in [6.45, 7) is 3.91. The third-order valence-electron chi connectivity index (χ3n) is 5.30. The number of nitrogens with one attached hydrogen (secondary N) is 1. The summed E-state index contributed by atoms with van der Waals surface area (Å²) in [6.07, 6.45) is 2.62. The summed E-state index contributed by atoms with van der Waals surface area (Å²) in [5.74, 6) is 0.538. The molecule has 1 aliphatic heterocycles. The van der Waals surface area contributed by atoms with Crippen LogP contribution in [0.4, 0.5) is 0 Å². The Morgan fingerprint density at radius 1 is 0.966 bits per heavy atom. The van der Waals surface area contributed by atoms with Gasteiger partial charge in [-0.05, 0) is 69.8 Å². The van der Waals surface area contributed by atoms with Gasteiger partial charge in [-0.1, -0.05) is 54.6 Å². The Morgan fingerprint density at radius 2 is 1.69 bits per heavy atom. The maximum atomic E-state index is 12.2. The Morgan fingerprint density at radius 3 is 2.48 bits per heavy atom. The van der Waals surface area contributed by atoms with Crippen molar-refractivity contribution in [3.63, 3.8) is 0 Å². The van der Waals surface area contributed by atoms with Crippen LogP contribution in [0, 0.1) is 0 Å². The second-order valence-electron chi connectivity index (χ2n) is 7.46. The van der Waals surface area contributed by atoms with E-state index in [1.807, 2.05) is 36.4 Å². The third-order valence-corrected chi connectivity index (χ3v) is 6.12. The molecule has 4 nitrogen and oxygen atoms in total. The normalized spacial score (nSPS) is 14.2. The number of fused-ring (bicyclic) bond motifs is 1. The molecule has 0 atom stereocenters. The minimum absolute atomic E-state index is 0.00994. The van der Waals surface area contributed by atoms with Gasteiger partial charge in [0, 0.05) is 13.1 Å². The molecule has 1 amide bonds. The quantitative estimate of drug-likeness (QED) is 0.554. The van der Waals surface area contributed by atoms with Gasteiger partial charge in [-0.15, -0.1) is 0 Å². The van der Waals surface area contributed by atoms with Crippen molar-refractivity contribution >= 4 is 32.6 Å². The number of benzene rings is 3. The lowest BCUT2D eigenvalue weighted by molar-refractivity contribution is -0.123. The molecule has 0 radical (unpaired) electrons. The molecule has 1 saturated heterocycles. The van der Waals surface area contributed by atoms with E-state index in [0.29, 0.717) is 12.3 Å². The van der Waals surface area contributed by atoms with Gasteiger partial charge in [0.25, 0.3) is 5.91 Å². The minimum Gasteiger partial charge on any atom is -0.483 e. The van der Waals surface area contributed by atoms with E-state index in [9.17, 15) is 4.79 Å². The molecule has 3 aromatic rings. The van der Waals surface area contributed by atoms with Gasteiger partial charge < -0.3 is 10.1 Å². The van der Waals surface area contributed by atoms with Crippen LogP contribution in [-0.4, -0.2) is 30.5 Å². The van der Waals surface area contributed by atoms with E-state index >= 15 is 0 Å². The third kappa shape index (κ3) is 5.17. The second-order valence-corrected chi connectivity index (χ2v) is 8.26. The minimum atomic E-state index is -0.133. The maximum absolute atomic E-state index is 12.2. The molecule has 0 saturated carbocycles. The van der Waals surface area contributed by atoms with Gasteiger partial charge in [0.05, 0.1) is 4.47 Å². The number of rotatable bonds is 7. The first kappa shape index (κ1) is 19.9. The molecule has 3 aromatic carbocycles. The Balaban J connectivity index is 1.26. The van der Waals surface area contributed by atoms with Crippen molar-refractivity contribution < 1.29 is 9.53 Å². The highest BCUT2D eigenvalue weighted by Gasteiger charge is 2.12. The molecule has 29 heavy (non-hydrogen) atoms. The molecule has 150 valence electrons. The van der Waals surface area contributed by atoms with Gasteiger partial charge in [-0.2, -0.15) is 0 Å². The Labute approximate surface area is 180 Å². The van der Waals surface area contributed by atoms with Crippen molar-refractivity contribution in [2.45, 2.75) is 25.9 Å². The zero-order valence-corrected chi connectivity index (χ0v) is 18.0. The summed E-state index contributed by atoms with van der Waals surface area (Å²) in [6, 6.07) is 20.4. The molecule has 1 heterocycles. The average molecular weight is 453 g/mol. The molecular weight excluding hydrogens is 428 g/mol. The smallest absolute Gasteiger partial charge is 0.258 e. The first-order valence-corrected chi connectivity index (χ1v) is 10.9. The number of nitrogens with zero attached hydrogens (tertiary/aromatic N) is 1. The number of ether oxygens (including phenoxy) is 1. The van der Waals surface area contributed by atoms with E-state index in [1.165, 1.54) is 31.5 Å². The first-order valence-electron chi connectivity index (χ1n) is 10.1.